The van der Waals surface area contributed by atoms with Gasteiger partial charge in [-0.25, -0.2) is 0 Å². The number of pyridine rings is 1. The zero-order valence-electron chi connectivity index (χ0n) is 15.5. The molecular formula is C21H24N4O2. The Morgan fingerprint density at radius 3 is 2.93 bits per heavy atom. The highest BCUT2D eigenvalue weighted by Crippen LogP contribution is 2.25. The molecule has 1 aliphatic rings. The Morgan fingerprint density at radius 1 is 1.26 bits per heavy atom. The lowest BCUT2D eigenvalue weighted by molar-refractivity contribution is -0.130. The molecule has 0 spiro atoms. The first-order valence-corrected chi connectivity index (χ1v) is 9.37. The number of aliphatic hydroxyl groups is 1. The molecule has 27 heavy (non-hydrogen) atoms. The van der Waals surface area contributed by atoms with Crippen molar-refractivity contribution in [2.24, 2.45) is 5.92 Å². The number of β-amino-alcohol motifs (C(OH)–C–C–N with tert-alkyl or cyclic N) is 1. The van der Waals surface area contributed by atoms with Gasteiger partial charge in [-0.05, 0) is 36.6 Å². The van der Waals surface area contributed by atoms with Crippen LogP contribution in [0.15, 0.2) is 48.9 Å². The van der Waals surface area contributed by atoms with Crippen LogP contribution >= 0.6 is 0 Å². The lowest BCUT2D eigenvalue weighted by Crippen LogP contribution is -2.30. The second-order valence-corrected chi connectivity index (χ2v) is 7.35. The van der Waals surface area contributed by atoms with Crippen LogP contribution in [0.25, 0.3) is 10.9 Å². The van der Waals surface area contributed by atoms with Crippen LogP contribution in [0.4, 0.5) is 0 Å². The van der Waals surface area contributed by atoms with E-state index in [0.717, 1.165) is 22.9 Å². The van der Waals surface area contributed by atoms with E-state index < -0.39 is 6.10 Å². The van der Waals surface area contributed by atoms with Gasteiger partial charge in [0.05, 0.1) is 17.8 Å². The van der Waals surface area contributed by atoms with Gasteiger partial charge >= 0.3 is 0 Å². The van der Waals surface area contributed by atoms with Gasteiger partial charge in [-0.3, -0.25) is 14.5 Å². The normalized spacial score (nSPS) is 19.7. The summed E-state index contributed by atoms with van der Waals surface area (Å²) in [5.41, 5.74) is 3.22. The van der Waals surface area contributed by atoms with Crippen molar-refractivity contribution in [3.05, 3.63) is 60.0 Å². The second-order valence-electron chi connectivity index (χ2n) is 7.35. The van der Waals surface area contributed by atoms with E-state index in [4.69, 9.17) is 0 Å². The van der Waals surface area contributed by atoms with Gasteiger partial charge in [0.2, 0.25) is 5.91 Å². The summed E-state index contributed by atoms with van der Waals surface area (Å²) in [6, 6.07) is 10.1. The molecule has 3 heterocycles. The lowest BCUT2D eigenvalue weighted by atomic mass is 9.94. The number of nitrogens with zero attached hydrogens (tertiary/aromatic N) is 4. The molecule has 2 unspecified atom stereocenters. The van der Waals surface area contributed by atoms with Gasteiger partial charge in [-0.2, -0.15) is 5.10 Å². The van der Waals surface area contributed by atoms with E-state index in [1.54, 1.807) is 15.8 Å². The molecular weight excluding hydrogens is 340 g/mol. The molecule has 0 radical (unpaired) electrons. The van der Waals surface area contributed by atoms with Crippen LogP contribution in [0.1, 0.15) is 17.5 Å². The molecule has 0 aliphatic carbocycles. The predicted octanol–water partition coefficient (Wildman–Crippen LogP) is 2.19. The number of likely N-dealkylation sites (tertiary alicyclic amines) is 1. The molecule has 3 aromatic rings. The minimum atomic E-state index is -0.493. The fourth-order valence-corrected chi connectivity index (χ4v) is 3.83. The Bertz CT molecular complexity index is 947. The Balaban J connectivity index is 1.39. The summed E-state index contributed by atoms with van der Waals surface area (Å²) in [4.78, 5) is 18.7. The van der Waals surface area contributed by atoms with E-state index in [1.165, 1.54) is 5.56 Å². The van der Waals surface area contributed by atoms with E-state index >= 15 is 0 Å². The van der Waals surface area contributed by atoms with Crippen LogP contribution in [0.5, 0.6) is 0 Å². The summed E-state index contributed by atoms with van der Waals surface area (Å²) in [6.45, 7) is 3.55. The number of carbonyl (C=O) groups is 1. The third kappa shape index (κ3) is 3.85. The van der Waals surface area contributed by atoms with Gasteiger partial charge in [-0.15, -0.1) is 0 Å². The third-order valence-electron chi connectivity index (χ3n) is 5.30. The summed E-state index contributed by atoms with van der Waals surface area (Å²) in [5.74, 6) is 0.121. The van der Waals surface area contributed by atoms with E-state index in [2.05, 4.69) is 16.1 Å². The maximum atomic E-state index is 12.5. The van der Waals surface area contributed by atoms with Crippen molar-refractivity contribution in [1.82, 2.24) is 19.7 Å². The average Bonchev–Trinajstić information content (AvgIpc) is 3.26. The Morgan fingerprint density at radius 2 is 2.11 bits per heavy atom. The molecule has 140 valence electrons. The van der Waals surface area contributed by atoms with Gasteiger partial charge < -0.3 is 10.0 Å². The highest BCUT2D eigenvalue weighted by Gasteiger charge is 2.34. The first kappa shape index (κ1) is 17.7. The number of amides is 1. The molecule has 2 aromatic heterocycles. The Kier molecular flexibility index (Phi) is 4.90. The van der Waals surface area contributed by atoms with Crippen molar-refractivity contribution in [2.75, 3.05) is 13.1 Å². The van der Waals surface area contributed by atoms with Crippen LogP contribution < -0.4 is 0 Å². The number of aliphatic hydroxyl groups excluding tert-OH is 1. The molecule has 1 fully saturated rings. The maximum absolute atomic E-state index is 12.5. The fourth-order valence-electron chi connectivity index (χ4n) is 3.83. The molecule has 6 heteroatoms. The first-order chi connectivity index (χ1) is 13.1. The number of carbonyl (C=O) groups excluding carboxylic acids is 1. The number of fused-ring (bicyclic) bond motifs is 1. The summed E-state index contributed by atoms with van der Waals surface area (Å²) in [6.07, 6.45) is 6.19. The molecule has 1 aliphatic heterocycles. The quantitative estimate of drug-likeness (QED) is 0.753. The van der Waals surface area contributed by atoms with Crippen LogP contribution in [0.2, 0.25) is 0 Å². The summed E-state index contributed by atoms with van der Waals surface area (Å²) in [5, 5.41) is 15.8. The molecule has 1 amide bonds. The van der Waals surface area contributed by atoms with Crippen LogP contribution in [-0.4, -0.2) is 49.9 Å². The molecule has 0 saturated carbocycles. The SMILES string of the molecule is Cc1cnn(CCC(=O)N2CC(O)C(Cc3ccnc4ccccc34)C2)c1. The number of rotatable bonds is 5. The predicted molar refractivity (Wildman–Crippen MR) is 103 cm³/mol. The number of aryl methyl sites for hydroxylation is 2. The van der Waals surface area contributed by atoms with Crippen LogP contribution in [0.3, 0.4) is 0 Å². The van der Waals surface area contributed by atoms with E-state index in [9.17, 15) is 9.90 Å². The van der Waals surface area contributed by atoms with Crippen molar-refractivity contribution >= 4 is 16.8 Å². The van der Waals surface area contributed by atoms with E-state index in [-0.39, 0.29) is 11.8 Å². The van der Waals surface area contributed by atoms with Crippen LogP contribution in [0, 0.1) is 12.8 Å². The van der Waals surface area contributed by atoms with E-state index in [1.807, 2.05) is 43.6 Å². The van der Waals surface area contributed by atoms with Crippen LogP contribution in [-0.2, 0) is 17.8 Å². The van der Waals surface area contributed by atoms with E-state index in [0.29, 0.717) is 26.1 Å². The Labute approximate surface area is 158 Å². The highest BCUT2D eigenvalue weighted by atomic mass is 16.3. The smallest absolute Gasteiger partial charge is 0.224 e. The monoisotopic (exact) mass is 364 g/mol. The number of benzene rings is 1. The third-order valence-corrected chi connectivity index (χ3v) is 5.30. The van der Waals surface area contributed by atoms with Crippen molar-refractivity contribution in [1.29, 1.82) is 0 Å². The molecule has 0 bridgehead atoms. The number of hydrogen-bond acceptors (Lipinski definition) is 4. The second kappa shape index (κ2) is 7.48. The minimum absolute atomic E-state index is 0.0479. The van der Waals surface area contributed by atoms with Gasteiger partial charge in [0, 0.05) is 49.8 Å². The van der Waals surface area contributed by atoms with Crippen molar-refractivity contribution in [2.45, 2.75) is 32.4 Å². The molecule has 1 aromatic carbocycles. The summed E-state index contributed by atoms with van der Waals surface area (Å²) >= 11 is 0. The molecule has 2 atom stereocenters. The Hall–Kier alpha value is -2.73. The summed E-state index contributed by atoms with van der Waals surface area (Å²) < 4.78 is 1.79. The lowest BCUT2D eigenvalue weighted by Gasteiger charge is -2.16. The van der Waals surface area contributed by atoms with Crippen molar-refractivity contribution in [3.63, 3.8) is 0 Å². The van der Waals surface area contributed by atoms with Gasteiger partial charge in [0.25, 0.3) is 0 Å². The number of para-hydroxylation sites is 1. The first-order valence-electron chi connectivity index (χ1n) is 9.37. The maximum Gasteiger partial charge on any atom is 0.224 e. The van der Waals surface area contributed by atoms with Gasteiger partial charge in [-0.1, -0.05) is 18.2 Å². The molecule has 1 N–H and O–H groups in total. The molecule has 4 rings (SSSR count). The zero-order chi connectivity index (χ0) is 18.8. The highest BCUT2D eigenvalue weighted by molar-refractivity contribution is 5.82. The fraction of sp³-hybridized carbons (Fsp3) is 0.381. The summed E-state index contributed by atoms with van der Waals surface area (Å²) in [7, 11) is 0. The topological polar surface area (TPSA) is 71.2 Å². The van der Waals surface area contributed by atoms with Gasteiger partial charge in [0.1, 0.15) is 0 Å². The number of hydrogen-bond donors (Lipinski definition) is 1. The number of aromatic nitrogens is 3. The average molecular weight is 364 g/mol. The van der Waals surface area contributed by atoms with Crippen molar-refractivity contribution in [3.8, 4) is 0 Å². The van der Waals surface area contributed by atoms with Crippen molar-refractivity contribution < 1.29 is 9.90 Å². The minimum Gasteiger partial charge on any atom is -0.391 e. The largest absolute Gasteiger partial charge is 0.391 e. The zero-order valence-corrected chi connectivity index (χ0v) is 15.5. The van der Waals surface area contributed by atoms with Gasteiger partial charge in [0.15, 0.2) is 0 Å². The molecule has 1 saturated heterocycles. The standard InChI is InChI=1S/C21H24N4O2/c1-15-11-23-25(12-15)9-7-21(27)24-13-17(20(26)14-24)10-16-6-8-22-19-5-3-2-4-18(16)19/h2-6,8,11-12,17,20,26H,7,9-10,13-14H2,1H3. The molecule has 6 nitrogen and oxygen atoms in total.